The highest BCUT2D eigenvalue weighted by molar-refractivity contribution is 5.25. The van der Waals surface area contributed by atoms with E-state index in [0.29, 0.717) is 12.1 Å². The predicted octanol–water partition coefficient (Wildman–Crippen LogP) is 2.98. The maximum Gasteiger partial charge on any atom is 0.141 e. The van der Waals surface area contributed by atoms with E-state index in [1.165, 1.54) is 12.1 Å². The topological polar surface area (TPSA) is 33.1 Å². The quantitative estimate of drug-likeness (QED) is 0.901. The summed E-state index contributed by atoms with van der Waals surface area (Å²) >= 11 is 0. The second-order valence-electron chi connectivity index (χ2n) is 4.80. The van der Waals surface area contributed by atoms with Crippen molar-refractivity contribution in [2.75, 3.05) is 0 Å². The lowest BCUT2D eigenvalue weighted by atomic mass is 9.92. The maximum absolute atomic E-state index is 12.8. The molecule has 1 unspecified atom stereocenters. The molecule has 0 spiro atoms. The van der Waals surface area contributed by atoms with Gasteiger partial charge in [0.15, 0.2) is 0 Å². The average Bonchev–Trinajstić information content (AvgIpc) is 2.29. The summed E-state index contributed by atoms with van der Waals surface area (Å²) in [5, 5.41) is 10.4. The summed E-state index contributed by atoms with van der Waals surface area (Å²) in [5.41, 5.74) is 1.56. The summed E-state index contributed by atoms with van der Waals surface area (Å²) in [7, 11) is 0. The molecule has 2 rings (SSSR count). The monoisotopic (exact) mass is 245 g/mol. The van der Waals surface area contributed by atoms with Crippen molar-refractivity contribution in [3.05, 3.63) is 65.2 Å². The van der Waals surface area contributed by atoms with Crippen molar-refractivity contribution in [3.63, 3.8) is 0 Å². The normalized spacial score (nSPS) is 14.2. The van der Waals surface area contributed by atoms with Gasteiger partial charge in [0.1, 0.15) is 11.4 Å². The molecule has 2 aromatic rings. The van der Waals surface area contributed by atoms with Crippen molar-refractivity contribution in [1.29, 1.82) is 0 Å². The zero-order chi connectivity index (χ0) is 13.2. The third kappa shape index (κ3) is 2.93. The van der Waals surface area contributed by atoms with E-state index in [9.17, 15) is 9.50 Å². The number of aromatic nitrogens is 1. The van der Waals surface area contributed by atoms with E-state index < -0.39 is 11.4 Å². The molecule has 0 aliphatic heterocycles. The first-order valence-corrected chi connectivity index (χ1v) is 5.87. The molecule has 0 aliphatic rings. The van der Waals surface area contributed by atoms with Gasteiger partial charge in [0, 0.05) is 6.42 Å². The molecule has 0 saturated carbocycles. The molecule has 0 bridgehead atoms. The zero-order valence-corrected chi connectivity index (χ0v) is 10.5. The molecule has 1 aromatic carbocycles. The van der Waals surface area contributed by atoms with E-state index in [2.05, 4.69) is 4.98 Å². The molecule has 1 atom stereocenters. The summed E-state index contributed by atoms with van der Waals surface area (Å²) in [6, 6.07) is 10.8. The van der Waals surface area contributed by atoms with Gasteiger partial charge >= 0.3 is 0 Å². The van der Waals surface area contributed by atoms with Crippen molar-refractivity contribution in [1.82, 2.24) is 4.98 Å². The van der Waals surface area contributed by atoms with Gasteiger partial charge in [-0.15, -0.1) is 0 Å². The minimum atomic E-state index is -1.10. The van der Waals surface area contributed by atoms with Crippen LogP contribution in [-0.2, 0) is 12.0 Å². The Bertz CT molecular complexity index is 534. The molecular weight excluding hydrogens is 229 g/mol. The first-order valence-electron chi connectivity index (χ1n) is 5.87. The van der Waals surface area contributed by atoms with E-state index in [4.69, 9.17) is 0 Å². The van der Waals surface area contributed by atoms with Crippen LogP contribution in [0.15, 0.2) is 42.6 Å². The fourth-order valence-electron chi connectivity index (χ4n) is 2.00. The molecule has 2 nitrogen and oxygen atoms in total. The Morgan fingerprint density at radius 3 is 2.67 bits per heavy atom. The van der Waals surface area contributed by atoms with E-state index in [-0.39, 0.29) is 0 Å². The molecule has 0 radical (unpaired) electrons. The largest absolute Gasteiger partial charge is 0.383 e. The van der Waals surface area contributed by atoms with Gasteiger partial charge in [-0.05, 0) is 31.5 Å². The number of rotatable bonds is 3. The summed E-state index contributed by atoms with van der Waals surface area (Å²) < 4.78 is 12.8. The van der Waals surface area contributed by atoms with Crippen molar-refractivity contribution in [2.24, 2.45) is 0 Å². The van der Waals surface area contributed by atoms with E-state index in [1.54, 1.807) is 6.92 Å². The Labute approximate surface area is 106 Å². The van der Waals surface area contributed by atoms with Gasteiger partial charge in [-0.1, -0.05) is 29.8 Å². The summed E-state index contributed by atoms with van der Waals surface area (Å²) in [6.07, 6.45) is 1.58. The number of hydrogen-bond acceptors (Lipinski definition) is 2. The maximum atomic E-state index is 12.8. The van der Waals surface area contributed by atoms with Crippen LogP contribution in [0.4, 0.5) is 4.39 Å². The number of nitrogens with zero attached hydrogens (tertiary/aromatic N) is 1. The summed E-state index contributed by atoms with van der Waals surface area (Å²) in [5.74, 6) is -0.398. The third-order valence-electron chi connectivity index (χ3n) is 2.91. The summed E-state index contributed by atoms with van der Waals surface area (Å²) in [4.78, 5) is 3.94. The minimum absolute atomic E-state index is 0.398. The van der Waals surface area contributed by atoms with Crippen molar-refractivity contribution < 1.29 is 9.50 Å². The number of pyridine rings is 1. The predicted molar refractivity (Wildman–Crippen MR) is 68.6 cm³/mol. The van der Waals surface area contributed by atoms with Gasteiger partial charge in [-0.25, -0.2) is 4.39 Å². The lowest BCUT2D eigenvalue weighted by Crippen LogP contribution is -2.25. The molecular formula is C15H16FNO. The van der Waals surface area contributed by atoms with Gasteiger partial charge in [0.2, 0.25) is 0 Å². The smallest absolute Gasteiger partial charge is 0.141 e. The van der Waals surface area contributed by atoms with Crippen LogP contribution >= 0.6 is 0 Å². The Hall–Kier alpha value is -1.74. The first kappa shape index (κ1) is 12.7. The van der Waals surface area contributed by atoms with Gasteiger partial charge in [-0.3, -0.25) is 4.98 Å². The zero-order valence-electron chi connectivity index (χ0n) is 10.5. The highest BCUT2D eigenvalue weighted by Gasteiger charge is 2.25. The molecule has 0 saturated heterocycles. The molecule has 18 heavy (non-hydrogen) atoms. The van der Waals surface area contributed by atoms with E-state index >= 15 is 0 Å². The van der Waals surface area contributed by atoms with E-state index in [0.717, 1.165) is 17.3 Å². The second-order valence-corrected chi connectivity index (χ2v) is 4.80. The highest BCUT2D eigenvalue weighted by Crippen LogP contribution is 2.24. The highest BCUT2D eigenvalue weighted by atomic mass is 19.1. The van der Waals surface area contributed by atoms with Crippen LogP contribution in [0.1, 0.15) is 23.7 Å². The van der Waals surface area contributed by atoms with Crippen LogP contribution in [0.2, 0.25) is 0 Å². The van der Waals surface area contributed by atoms with Crippen molar-refractivity contribution >= 4 is 0 Å². The van der Waals surface area contributed by atoms with Crippen LogP contribution in [0, 0.1) is 12.7 Å². The standard InChI is InChI=1S/C15H16FNO/c1-11-4-3-5-12(8-11)9-15(2,18)14-7-6-13(16)10-17-14/h3-8,10,18H,9H2,1-2H3. The van der Waals surface area contributed by atoms with Crippen LogP contribution < -0.4 is 0 Å². The number of aryl methyl sites for hydroxylation is 1. The van der Waals surface area contributed by atoms with Gasteiger partial charge < -0.3 is 5.11 Å². The number of aliphatic hydroxyl groups is 1. The van der Waals surface area contributed by atoms with Gasteiger partial charge in [-0.2, -0.15) is 0 Å². The molecule has 1 aromatic heterocycles. The molecule has 3 heteroatoms. The first-order chi connectivity index (χ1) is 8.47. The van der Waals surface area contributed by atoms with Crippen LogP contribution in [0.5, 0.6) is 0 Å². The molecule has 0 amide bonds. The van der Waals surface area contributed by atoms with Crippen LogP contribution in [0.25, 0.3) is 0 Å². The fourth-order valence-corrected chi connectivity index (χ4v) is 2.00. The SMILES string of the molecule is Cc1cccc(CC(C)(O)c2ccc(F)cn2)c1. The third-order valence-corrected chi connectivity index (χ3v) is 2.91. The second kappa shape index (κ2) is 4.86. The summed E-state index contributed by atoms with van der Waals surface area (Å²) in [6.45, 7) is 3.70. The Morgan fingerprint density at radius 1 is 1.28 bits per heavy atom. The lowest BCUT2D eigenvalue weighted by Gasteiger charge is -2.23. The Kier molecular flexibility index (Phi) is 3.43. The molecule has 1 heterocycles. The van der Waals surface area contributed by atoms with Gasteiger partial charge in [0.25, 0.3) is 0 Å². The Morgan fingerprint density at radius 2 is 2.06 bits per heavy atom. The number of benzene rings is 1. The number of hydrogen-bond donors (Lipinski definition) is 1. The van der Waals surface area contributed by atoms with Crippen LogP contribution in [-0.4, -0.2) is 10.1 Å². The van der Waals surface area contributed by atoms with Crippen molar-refractivity contribution in [2.45, 2.75) is 25.9 Å². The van der Waals surface area contributed by atoms with Crippen LogP contribution in [0.3, 0.4) is 0 Å². The molecule has 94 valence electrons. The average molecular weight is 245 g/mol. The molecule has 0 aliphatic carbocycles. The van der Waals surface area contributed by atoms with Gasteiger partial charge in [0.05, 0.1) is 11.9 Å². The van der Waals surface area contributed by atoms with Crippen molar-refractivity contribution in [3.8, 4) is 0 Å². The number of halogens is 1. The Balaban J connectivity index is 2.23. The van der Waals surface area contributed by atoms with E-state index in [1.807, 2.05) is 31.2 Å². The molecule has 0 fully saturated rings. The minimum Gasteiger partial charge on any atom is -0.383 e. The fraction of sp³-hybridized carbons (Fsp3) is 0.267. The molecule has 1 N–H and O–H groups in total. The lowest BCUT2D eigenvalue weighted by molar-refractivity contribution is 0.0529.